The van der Waals surface area contributed by atoms with E-state index in [9.17, 15) is 0 Å². The summed E-state index contributed by atoms with van der Waals surface area (Å²) in [5.41, 5.74) is 0. The van der Waals surface area contributed by atoms with Crippen molar-refractivity contribution < 1.29 is 29.0 Å². The second kappa shape index (κ2) is 1.88. The van der Waals surface area contributed by atoms with Crippen molar-refractivity contribution in [2.24, 2.45) is 0 Å². The summed E-state index contributed by atoms with van der Waals surface area (Å²) in [6, 6.07) is 0. The van der Waals surface area contributed by atoms with Gasteiger partial charge < -0.3 is 4.28 Å². The van der Waals surface area contributed by atoms with E-state index in [4.69, 9.17) is 0 Å². The maximum atomic E-state index is 2.18. The first-order valence-electron chi connectivity index (χ1n) is 1.97. The van der Waals surface area contributed by atoms with E-state index in [0.717, 1.165) is 0 Å². The van der Waals surface area contributed by atoms with Crippen molar-refractivity contribution in [1.82, 2.24) is 0 Å². The van der Waals surface area contributed by atoms with Gasteiger partial charge in [0.15, 0.2) is 0 Å². The van der Waals surface area contributed by atoms with Gasteiger partial charge in [-0.2, -0.15) is 0 Å². The molecular formula is C5H8Zr. The summed E-state index contributed by atoms with van der Waals surface area (Å²) in [7, 11) is 0. The van der Waals surface area contributed by atoms with E-state index in [2.05, 4.69) is 18.2 Å². The van der Waals surface area contributed by atoms with Crippen LogP contribution in [0.2, 0.25) is 0 Å². The van der Waals surface area contributed by atoms with Crippen LogP contribution in [0.3, 0.4) is 0 Å². The third-order valence-electron chi connectivity index (χ3n) is 0.771. The van der Waals surface area contributed by atoms with Gasteiger partial charge in [0.2, 0.25) is 0 Å². The van der Waals surface area contributed by atoms with Gasteiger partial charge in [-0.1, -0.05) is 0 Å². The molecule has 0 N–H and O–H groups in total. The van der Waals surface area contributed by atoms with Crippen LogP contribution >= 0.6 is 0 Å². The second-order valence-electron chi connectivity index (χ2n) is 1.32. The standard InChI is InChI=1S/C5H5.Zr.3H/c1-2-4-5-3-1;;;;/h1-3H,4H2;;;;/q;+3;3*-1. The van der Waals surface area contributed by atoms with Gasteiger partial charge in [-0.15, -0.1) is 0 Å². The first-order valence-corrected chi connectivity index (χ1v) is 3.20. The average molecular weight is 159 g/mol. The fraction of sp³-hybridized carbons (Fsp3) is 0.200. The number of hydrogen-bond donors (Lipinski definition) is 0. The van der Waals surface area contributed by atoms with Gasteiger partial charge in [-0.3, -0.25) is 0 Å². The van der Waals surface area contributed by atoms with E-state index in [1.165, 1.54) is 6.42 Å². The maximum absolute atomic E-state index is 2.18. The number of rotatable bonds is 0. The quantitative estimate of drug-likeness (QED) is 0.505. The Morgan fingerprint density at radius 3 is 2.83 bits per heavy atom. The molecule has 1 aliphatic carbocycles. The molecule has 0 aromatic carbocycles. The molecule has 0 aromatic rings. The topological polar surface area (TPSA) is 0 Å². The molecule has 0 aromatic heterocycles. The Kier molecular flexibility index (Phi) is 1.42. The zero-order valence-electron chi connectivity index (χ0n) is 6.44. The molecule has 0 bridgehead atoms. The van der Waals surface area contributed by atoms with Crippen LogP contribution in [0.1, 0.15) is 10.7 Å². The molecule has 0 fully saturated rings. The molecule has 0 nitrogen and oxygen atoms in total. The Balaban J connectivity index is -0.000000120. The molecule has 0 saturated heterocycles. The summed E-state index contributed by atoms with van der Waals surface area (Å²) in [5.74, 6) is 0. The molecule has 1 heteroatoms. The van der Waals surface area contributed by atoms with Crippen molar-refractivity contribution in [3.8, 4) is 0 Å². The molecular weight excluding hydrogens is 151 g/mol. The van der Waals surface area contributed by atoms with Crippen LogP contribution in [0.5, 0.6) is 0 Å². The van der Waals surface area contributed by atoms with E-state index in [1.807, 2.05) is 0 Å². The molecule has 0 radical (unpaired) electrons. The van der Waals surface area contributed by atoms with Gasteiger partial charge in [0.25, 0.3) is 0 Å². The van der Waals surface area contributed by atoms with Crippen LogP contribution in [0, 0.1) is 0 Å². The van der Waals surface area contributed by atoms with Crippen LogP contribution in [-0.2, 0) is 24.7 Å². The Morgan fingerprint density at radius 2 is 2.67 bits per heavy atom. The van der Waals surface area contributed by atoms with Crippen LogP contribution < -0.4 is 0 Å². The molecule has 0 aliphatic heterocycles. The van der Waals surface area contributed by atoms with Gasteiger partial charge in [-0.25, -0.2) is 0 Å². The third-order valence-corrected chi connectivity index (χ3v) is 1.68. The van der Waals surface area contributed by atoms with Crippen LogP contribution in [0.25, 0.3) is 0 Å². The van der Waals surface area contributed by atoms with E-state index >= 15 is 0 Å². The van der Waals surface area contributed by atoms with Crippen molar-refractivity contribution in [3.63, 3.8) is 0 Å². The van der Waals surface area contributed by atoms with Crippen LogP contribution in [0.15, 0.2) is 21.5 Å². The van der Waals surface area contributed by atoms with Crippen molar-refractivity contribution in [2.45, 2.75) is 6.42 Å². The van der Waals surface area contributed by atoms with Gasteiger partial charge in [0.05, 0.1) is 0 Å². The van der Waals surface area contributed by atoms with Gasteiger partial charge in [-0.05, 0) is 0 Å². The zero-order valence-corrected chi connectivity index (χ0v) is 5.90. The summed E-state index contributed by atoms with van der Waals surface area (Å²) < 4.78 is 1.56. The van der Waals surface area contributed by atoms with Gasteiger partial charge in [0.1, 0.15) is 0 Å². The van der Waals surface area contributed by atoms with Gasteiger partial charge >= 0.3 is 52.6 Å². The minimum atomic E-state index is 0. The van der Waals surface area contributed by atoms with Crippen LogP contribution in [-0.4, -0.2) is 0 Å². The van der Waals surface area contributed by atoms with Crippen molar-refractivity contribution in [3.05, 3.63) is 21.5 Å². The monoisotopic (exact) mass is 158 g/mol. The van der Waals surface area contributed by atoms with E-state index < -0.39 is 0 Å². The average Bonchev–Trinajstić information content (AvgIpc) is 1.86. The molecule has 0 spiro atoms. The SMILES string of the molecule is [H-].[H-].[H-].[Zr+3][C]1=CC=CC1. The van der Waals surface area contributed by atoms with Crippen molar-refractivity contribution in [1.29, 1.82) is 0 Å². The minimum absolute atomic E-state index is 0. The summed E-state index contributed by atoms with van der Waals surface area (Å²) in [4.78, 5) is 0. The number of allylic oxidation sites excluding steroid dienone is 4. The Hall–Kier alpha value is 0.363. The molecule has 0 amide bonds. The molecule has 32 valence electrons. The Morgan fingerprint density at radius 1 is 1.83 bits per heavy atom. The normalized spacial score (nSPS) is 18.7. The summed E-state index contributed by atoms with van der Waals surface area (Å²) in [5, 5.41) is 0. The fourth-order valence-electron chi connectivity index (χ4n) is 0.447. The van der Waals surface area contributed by atoms with E-state index in [0.29, 0.717) is 0 Å². The molecule has 0 heterocycles. The molecule has 6 heavy (non-hydrogen) atoms. The Bertz CT molecular complexity index is 109. The van der Waals surface area contributed by atoms with E-state index in [-0.39, 0.29) is 4.28 Å². The summed E-state index contributed by atoms with van der Waals surface area (Å²) >= 11 is 1.56. The number of hydrogen-bond acceptors (Lipinski definition) is 0. The second-order valence-corrected chi connectivity index (χ2v) is 2.90. The molecule has 0 saturated carbocycles. The molecule has 0 atom stereocenters. The molecule has 1 rings (SSSR count). The zero-order chi connectivity index (χ0) is 4.41. The first kappa shape index (κ1) is 4.52. The predicted octanol–water partition coefficient (Wildman–Crippen LogP) is 1.71. The predicted molar refractivity (Wildman–Crippen MR) is 25.2 cm³/mol. The van der Waals surface area contributed by atoms with Crippen molar-refractivity contribution >= 4 is 0 Å². The molecule has 1 aliphatic rings. The van der Waals surface area contributed by atoms with Gasteiger partial charge in [0, 0.05) is 0 Å². The first-order chi connectivity index (χ1) is 2.89. The summed E-state index contributed by atoms with van der Waals surface area (Å²) in [6.07, 6.45) is 7.69. The molecule has 0 unspecified atom stereocenters. The third kappa shape index (κ3) is 0.910. The summed E-state index contributed by atoms with van der Waals surface area (Å²) in [6.45, 7) is 0. The van der Waals surface area contributed by atoms with E-state index in [1.54, 1.807) is 28.0 Å². The Labute approximate surface area is 57.2 Å². The van der Waals surface area contributed by atoms with Crippen LogP contribution in [0.4, 0.5) is 0 Å². The van der Waals surface area contributed by atoms with Crippen molar-refractivity contribution in [2.75, 3.05) is 0 Å². The fourth-order valence-corrected chi connectivity index (χ4v) is 0.973.